The highest BCUT2D eigenvalue weighted by atomic mass is 79.9. The Kier molecular flexibility index (Phi) is 5.65. The molecule has 2 atom stereocenters. The molecule has 0 radical (unpaired) electrons. The summed E-state index contributed by atoms with van der Waals surface area (Å²) in [6.45, 7) is 3.80. The number of carbonyl (C=O) groups is 1. The molecule has 4 heteroatoms. The van der Waals surface area contributed by atoms with Crippen molar-refractivity contribution in [1.82, 2.24) is 0 Å². The predicted molar refractivity (Wildman–Crippen MR) is 71.9 cm³/mol. The minimum atomic E-state index is -0.569. The molecule has 0 spiro atoms. The van der Waals surface area contributed by atoms with Gasteiger partial charge in [-0.2, -0.15) is 0 Å². The monoisotopic (exact) mass is 299 g/mol. The van der Waals surface area contributed by atoms with E-state index >= 15 is 0 Å². The zero-order valence-corrected chi connectivity index (χ0v) is 11.7. The fourth-order valence-electron chi connectivity index (χ4n) is 1.35. The van der Waals surface area contributed by atoms with Crippen LogP contribution in [0.25, 0.3) is 0 Å². The van der Waals surface area contributed by atoms with Gasteiger partial charge in [0.25, 0.3) is 0 Å². The summed E-state index contributed by atoms with van der Waals surface area (Å²) in [5, 5.41) is 0.563. The number of rotatable bonds is 5. The normalized spacial score (nSPS) is 14.4. The van der Waals surface area contributed by atoms with Crippen LogP contribution in [0.2, 0.25) is 0 Å². The molecule has 1 aromatic rings. The highest BCUT2D eigenvalue weighted by Gasteiger charge is 2.23. The third kappa shape index (κ3) is 4.13. The molecule has 0 heterocycles. The quantitative estimate of drug-likeness (QED) is 0.672. The summed E-state index contributed by atoms with van der Waals surface area (Å²) in [5.41, 5.74) is 6.72. The molecule has 2 N–H and O–H groups in total. The molecular weight excluding hydrogens is 282 g/mol. The first-order valence-electron chi connectivity index (χ1n) is 5.63. The summed E-state index contributed by atoms with van der Waals surface area (Å²) in [4.78, 5) is 11.8. The lowest BCUT2D eigenvalue weighted by Gasteiger charge is -2.20. The van der Waals surface area contributed by atoms with Crippen molar-refractivity contribution >= 4 is 21.9 Å². The largest absolute Gasteiger partial charge is 0.455 e. The molecule has 0 bridgehead atoms. The lowest BCUT2D eigenvalue weighted by atomic mass is 10.1. The van der Waals surface area contributed by atoms with E-state index in [1.54, 1.807) is 0 Å². The summed E-state index contributed by atoms with van der Waals surface area (Å²) in [6.07, 6.45) is -0.284. The molecule has 0 aliphatic rings. The number of ether oxygens (including phenoxy) is 1. The van der Waals surface area contributed by atoms with Crippen molar-refractivity contribution in [1.29, 1.82) is 0 Å². The van der Waals surface area contributed by atoms with Crippen molar-refractivity contribution in [2.75, 3.05) is 5.33 Å². The zero-order chi connectivity index (χ0) is 12.8. The van der Waals surface area contributed by atoms with Gasteiger partial charge in [0.15, 0.2) is 0 Å². The number of nitrogens with two attached hydrogens (primary N) is 1. The molecule has 0 fully saturated rings. The van der Waals surface area contributed by atoms with Gasteiger partial charge in [-0.1, -0.05) is 60.1 Å². The molecule has 0 amide bonds. The summed E-state index contributed by atoms with van der Waals surface area (Å²) >= 11 is 3.35. The lowest BCUT2D eigenvalue weighted by molar-refractivity contribution is -0.151. The summed E-state index contributed by atoms with van der Waals surface area (Å²) < 4.78 is 5.40. The Balaban J connectivity index is 2.68. The van der Waals surface area contributed by atoms with Crippen LogP contribution in [-0.2, 0) is 9.53 Å². The molecule has 94 valence electrons. The molecule has 0 aliphatic carbocycles. The van der Waals surface area contributed by atoms with Crippen LogP contribution < -0.4 is 5.73 Å². The van der Waals surface area contributed by atoms with Crippen LogP contribution in [-0.4, -0.2) is 17.3 Å². The van der Waals surface area contributed by atoms with E-state index in [1.165, 1.54) is 0 Å². The Morgan fingerprint density at radius 1 is 1.35 bits per heavy atom. The first-order chi connectivity index (χ1) is 8.06. The van der Waals surface area contributed by atoms with E-state index in [-0.39, 0.29) is 18.0 Å². The first kappa shape index (κ1) is 14.2. The molecule has 3 nitrogen and oxygen atoms in total. The van der Waals surface area contributed by atoms with Crippen molar-refractivity contribution in [2.24, 2.45) is 11.7 Å². The van der Waals surface area contributed by atoms with E-state index in [1.807, 2.05) is 44.2 Å². The Morgan fingerprint density at radius 2 is 1.94 bits per heavy atom. The third-order valence-electron chi connectivity index (χ3n) is 2.56. The van der Waals surface area contributed by atoms with Gasteiger partial charge in [0.2, 0.25) is 0 Å². The van der Waals surface area contributed by atoms with E-state index in [0.29, 0.717) is 5.33 Å². The second-order valence-corrected chi connectivity index (χ2v) is 4.91. The number of halogens is 1. The van der Waals surface area contributed by atoms with E-state index in [9.17, 15) is 4.79 Å². The maximum atomic E-state index is 11.8. The van der Waals surface area contributed by atoms with E-state index < -0.39 is 6.04 Å². The summed E-state index contributed by atoms with van der Waals surface area (Å²) in [7, 11) is 0. The average Bonchev–Trinajstić information content (AvgIpc) is 2.35. The van der Waals surface area contributed by atoms with Crippen LogP contribution in [0.1, 0.15) is 25.5 Å². The van der Waals surface area contributed by atoms with Crippen LogP contribution in [0.15, 0.2) is 30.3 Å². The van der Waals surface area contributed by atoms with Crippen LogP contribution in [0.5, 0.6) is 0 Å². The Hall–Kier alpha value is -0.870. The molecule has 17 heavy (non-hydrogen) atoms. The smallest absolute Gasteiger partial charge is 0.323 e. The zero-order valence-electron chi connectivity index (χ0n) is 10.1. The first-order valence-corrected chi connectivity index (χ1v) is 6.75. The van der Waals surface area contributed by atoms with Crippen molar-refractivity contribution in [3.8, 4) is 0 Å². The van der Waals surface area contributed by atoms with Gasteiger partial charge in [-0.3, -0.25) is 4.79 Å². The third-order valence-corrected chi connectivity index (χ3v) is 3.15. The number of alkyl halides is 1. The fourth-order valence-corrected chi connectivity index (χ4v) is 1.85. The maximum Gasteiger partial charge on any atom is 0.323 e. The molecule has 1 aromatic carbocycles. The number of hydrogen-bond donors (Lipinski definition) is 1. The van der Waals surface area contributed by atoms with Crippen LogP contribution in [0.3, 0.4) is 0 Å². The van der Waals surface area contributed by atoms with Crippen LogP contribution in [0.4, 0.5) is 0 Å². The SMILES string of the molecule is CC(C)[C@H](N)C(=O)O[C@H](CBr)c1ccccc1. The fraction of sp³-hybridized carbons (Fsp3) is 0.462. The van der Waals surface area contributed by atoms with E-state index in [0.717, 1.165) is 5.56 Å². The Morgan fingerprint density at radius 3 is 2.41 bits per heavy atom. The van der Waals surface area contributed by atoms with Crippen molar-refractivity contribution in [3.05, 3.63) is 35.9 Å². The van der Waals surface area contributed by atoms with Crippen LogP contribution >= 0.6 is 15.9 Å². The average molecular weight is 300 g/mol. The van der Waals surface area contributed by atoms with Gasteiger partial charge in [-0.05, 0) is 11.5 Å². The molecular formula is C13H18BrNO2. The van der Waals surface area contributed by atoms with Gasteiger partial charge >= 0.3 is 5.97 Å². The standard InChI is InChI=1S/C13H18BrNO2/c1-9(2)12(15)13(16)17-11(8-14)10-6-4-3-5-7-10/h3-7,9,11-12H,8,15H2,1-2H3/t11-,12+/m1/s1. The van der Waals surface area contributed by atoms with Crippen molar-refractivity contribution in [3.63, 3.8) is 0 Å². The molecule has 0 unspecified atom stereocenters. The van der Waals surface area contributed by atoms with E-state index in [4.69, 9.17) is 10.5 Å². The molecule has 0 aliphatic heterocycles. The molecule has 0 saturated heterocycles. The predicted octanol–water partition coefficient (Wildman–Crippen LogP) is 2.65. The topological polar surface area (TPSA) is 52.3 Å². The second-order valence-electron chi connectivity index (χ2n) is 4.26. The van der Waals surface area contributed by atoms with Gasteiger partial charge in [-0.25, -0.2) is 0 Å². The lowest BCUT2D eigenvalue weighted by Crippen LogP contribution is -2.37. The minimum absolute atomic E-state index is 0.0780. The van der Waals surface area contributed by atoms with Crippen molar-refractivity contribution in [2.45, 2.75) is 26.0 Å². The number of hydrogen-bond acceptors (Lipinski definition) is 3. The van der Waals surface area contributed by atoms with Crippen molar-refractivity contribution < 1.29 is 9.53 Å². The van der Waals surface area contributed by atoms with Gasteiger partial charge < -0.3 is 10.5 Å². The van der Waals surface area contributed by atoms with Gasteiger partial charge in [0, 0.05) is 5.33 Å². The second kappa shape index (κ2) is 6.77. The summed E-state index contributed by atoms with van der Waals surface area (Å²) in [6, 6.07) is 9.05. The highest BCUT2D eigenvalue weighted by molar-refractivity contribution is 9.09. The van der Waals surface area contributed by atoms with Crippen LogP contribution in [0, 0.1) is 5.92 Å². The van der Waals surface area contributed by atoms with E-state index in [2.05, 4.69) is 15.9 Å². The minimum Gasteiger partial charge on any atom is -0.455 e. The molecule has 0 aromatic heterocycles. The van der Waals surface area contributed by atoms with Gasteiger partial charge in [0.1, 0.15) is 12.1 Å². The Bertz CT molecular complexity index is 354. The molecule has 1 rings (SSSR count). The van der Waals surface area contributed by atoms with Gasteiger partial charge in [-0.15, -0.1) is 0 Å². The number of carbonyl (C=O) groups excluding carboxylic acids is 1. The number of benzene rings is 1. The molecule has 0 saturated carbocycles. The maximum absolute atomic E-state index is 11.8. The summed E-state index contributed by atoms with van der Waals surface area (Å²) in [5.74, 6) is -0.275. The Labute approximate surface area is 110 Å². The van der Waals surface area contributed by atoms with Gasteiger partial charge in [0.05, 0.1) is 0 Å². The highest BCUT2D eigenvalue weighted by Crippen LogP contribution is 2.20. The number of esters is 1.